The third-order valence-electron chi connectivity index (χ3n) is 2.58. The first-order valence-corrected chi connectivity index (χ1v) is 5.80. The Hall–Kier alpha value is -1.61. The molecule has 0 radical (unpaired) electrons. The number of carbonyl (C=O) groups is 1. The molecule has 0 bridgehead atoms. The molecule has 0 saturated carbocycles. The standard InChI is InChI=1S/C13H13ClN2O/c1-9(2)16-13(5-6-15-16)12-4-3-11(14)7-10(12)8-17/h3-9H,1-2H3. The van der Waals surface area contributed by atoms with Gasteiger partial charge in [0, 0.05) is 28.4 Å². The molecule has 3 nitrogen and oxygen atoms in total. The summed E-state index contributed by atoms with van der Waals surface area (Å²) >= 11 is 5.88. The van der Waals surface area contributed by atoms with Gasteiger partial charge in [0.25, 0.3) is 0 Å². The zero-order valence-corrected chi connectivity index (χ0v) is 10.5. The van der Waals surface area contributed by atoms with Gasteiger partial charge in [-0.25, -0.2) is 0 Å². The minimum Gasteiger partial charge on any atom is -0.298 e. The average molecular weight is 249 g/mol. The van der Waals surface area contributed by atoms with Crippen molar-refractivity contribution in [3.63, 3.8) is 0 Å². The van der Waals surface area contributed by atoms with Crippen molar-refractivity contribution < 1.29 is 4.79 Å². The van der Waals surface area contributed by atoms with Crippen molar-refractivity contribution in [1.29, 1.82) is 0 Å². The molecule has 1 aromatic carbocycles. The van der Waals surface area contributed by atoms with Crippen molar-refractivity contribution >= 4 is 17.9 Å². The SMILES string of the molecule is CC(C)n1nccc1-c1ccc(Cl)cc1C=O. The number of carbonyl (C=O) groups excluding carboxylic acids is 1. The highest BCUT2D eigenvalue weighted by Gasteiger charge is 2.12. The number of aromatic nitrogens is 2. The first-order chi connectivity index (χ1) is 8.13. The smallest absolute Gasteiger partial charge is 0.150 e. The second kappa shape index (κ2) is 4.72. The Morgan fingerprint density at radius 1 is 1.35 bits per heavy atom. The molecule has 0 aliphatic rings. The summed E-state index contributed by atoms with van der Waals surface area (Å²) in [4.78, 5) is 11.1. The molecule has 0 unspecified atom stereocenters. The summed E-state index contributed by atoms with van der Waals surface area (Å²) in [5.41, 5.74) is 2.37. The van der Waals surface area contributed by atoms with Crippen molar-refractivity contribution in [2.24, 2.45) is 0 Å². The highest BCUT2D eigenvalue weighted by molar-refractivity contribution is 6.31. The fraction of sp³-hybridized carbons (Fsp3) is 0.231. The fourth-order valence-electron chi connectivity index (χ4n) is 1.80. The Balaban J connectivity index is 2.60. The molecule has 0 aliphatic carbocycles. The molecule has 0 fully saturated rings. The van der Waals surface area contributed by atoms with E-state index in [1.54, 1.807) is 18.3 Å². The first-order valence-electron chi connectivity index (χ1n) is 5.42. The van der Waals surface area contributed by atoms with E-state index in [0.717, 1.165) is 17.5 Å². The van der Waals surface area contributed by atoms with Gasteiger partial charge in [-0.1, -0.05) is 17.7 Å². The van der Waals surface area contributed by atoms with Crippen molar-refractivity contribution in [3.05, 3.63) is 41.0 Å². The van der Waals surface area contributed by atoms with Crippen molar-refractivity contribution in [2.75, 3.05) is 0 Å². The molecule has 0 aliphatic heterocycles. The van der Waals surface area contributed by atoms with Gasteiger partial charge in [-0.05, 0) is 32.0 Å². The molecule has 0 spiro atoms. The molecule has 0 amide bonds. The third-order valence-corrected chi connectivity index (χ3v) is 2.81. The van der Waals surface area contributed by atoms with E-state index in [-0.39, 0.29) is 6.04 Å². The molecule has 2 aromatic rings. The highest BCUT2D eigenvalue weighted by atomic mass is 35.5. The fourth-order valence-corrected chi connectivity index (χ4v) is 1.98. The lowest BCUT2D eigenvalue weighted by molar-refractivity contribution is 0.112. The van der Waals surface area contributed by atoms with Crippen molar-refractivity contribution in [2.45, 2.75) is 19.9 Å². The number of hydrogen-bond acceptors (Lipinski definition) is 2. The summed E-state index contributed by atoms with van der Waals surface area (Å²) in [7, 11) is 0. The number of benzene rings is 1. The van der Waals surface area contributed by atoms with Gasteiger partial charge in [0.2, 0.25) is 0 Å². The van der Waals surface area contributed by atoms with Gasteiger partial charge in [-0.3, -0.25) is 9.48 Å². The summed E-state index contributed by atoms with van der Waals surface area (Å²) in [6.45, 7) is 4.10. The van der Waals surface area contributed by atoms with Crippen LogP contribution in [0.2, 0.25) is 5.02 Å². The minimum absolute atomic E-state index is 0.246. The first kappa shape index (κ1) is 11.9. The van der Waals surface area contributed by atoms with Crippen LogP contribution in [0.4, 0.5) is 0 Å². The predicted molar refractivity (Wildman–Crippen MR) is 68.4 cm³/mol. The van der Waals surface area contributed by atoms with E-state index in [1.165, 1.54) is 0 Å². The highest BCUT2D eigenvalue weighted by Crippen LogP contribution is 2.27. The number of nitrogens with zero attached hydrogens (tertiary/aromatic N) is 2. The lowest BCUT2D eigenvalue weighted by atomic mass is 10.1. The van der Waals surface area contributed by atoms with E-state index in [9.17, 15) is 4.79 Å². The molecule has 2 rings (SSSR count). The van der Waals surface area contributed by atoms with E-state index in [0.29, 0.717) is 10.6 Å². The summed E-state index contributed by atoms with van der Waals surface area (Å²) < 4.78 is 1.89. The Morgan fingerprint density at radius 2 is 2.12 bits per heavy atom. The summed E-state index contributed by atoms with van der Waals surface area (Å²) in [5, 5.41) is 4.82. The van der Waals surface area contributed by atoms with E-state index >= 15 is 0 Å². The van der Waals surface area contributed by atoms with Crippen LogP contribution in [-0.4, -0.2) is 16.1 Å². The number of rotatable bonds is 3. The average Bonchev–Trinajstić information content (AvgIpc) is 2.77. The molecular formula is C13H13ClN2O. The van der Waals surface area contributed by atoms with Crippen LogP contribution in [0.25, 0.3) is 11.3 Å². The van der Waals surface area contributed by atoms with Crippen LogP contribution in [0.3, 0.4) is 0 Å². The predicted octanol–water partition coefficient (Wildman–Crippen LogP) is 3.60. The maximum Gasteiger partial charge on any atom is 0.150 e. The van der Waals surface area contributed by atoms with Gasteiger partial charge in [0.1, 0.15) is 0 Å². The van der Waals surface area contributed by atoms with Crippen LogP contribution in [0.15, 0.2) is 30.5 Å². The van der Waals surface area contributed by atoms with E-state index in [1.807, 2.05) is 30.7 Å². The molecule has 1 aromatic heterocycles. The second-order valence-electron chi connectivity index (χ2n) is 4.10. The molecular weight excluding hydrogens is 236 g/mol. The monoisotopic (exact) mass is 248 g/mol. The quantitative estimate of drug-likeness (QED) is 0.778. The summed E-state index contributed by atoms with van der Waals surface area (Å²) in [6.07, 6.45) is 2.55. The van der Waals surface area contributed by atoms with Gasteiger partial charge >= 0.3 is 0 Å². The number of hydrogen-bond donors (Lipinski definition) is 0. The van der Waals surface area contributed by atoms with Crippen molar-refractivity contribution in [1.82, 2.24) is 9.78 Å². The van der Waals surface area contributed by atoms with E-state index < -0.39 is 0 Å². The summed E-state index contributed by atoms with van der Waals surface area (Å²) in [5.74, 6) is 0. The van der Waals surface area contributed by atoms with Crippen LogP contribution in [0.5, 0.6) is 0 Å². The Kier molecular flexibility index (Phi) is 3.29. The zero-order valence-electron chi connectivity index (χ0n) is 9.72. The van der Waals surface area contributed by atoms with E-state index in [4.69, 9.17) is 11.6 Å². The van der Waals surface area contributed by atoms with E-state index in [2.05, 4.69) is 5.10 Å². The van der Waals surface area contributed by atoms with Gasteiger partial charge < -0.3 is 0 Å². The Labute approximate surface area is 105 Å². The lowest BCUT2D eigenvalue weighted by Crippen LogP contribution is -2.05. The number of halogens is 1. The molecule has 4 heteroatoms. The topological polar surface area (TPSA) is 34.9 Å². The third kappa shape index (κ3) is 2.24. The molecule has 1 heterocycles. The normalized spacial score (nSPS) is 10.8. The number of aldehydes is 1. The van der Waals surface area contributed by atoms with Crippen LogP contribution >= 0.6 is 11.6 Å². The van der Waals surface area contributed by atoms with Gasteiger partial charge in [-0.2, -0.15) is 5.10 Å². The van der Waals surface area contributed by atoms with Gasteiger partial charge in [0.05, 0.1) is 5.69 Å². The Morgan fingerprint density at radius 3 is 2.76 bits per heavy atom. The van der Waals surface area contributed by atoms with Crippen LogP contribution in [0.1, 0.15) is 30.2 Å². The molecule has 0 saturated heterocycles. The van der Waals surface area contributed by atoms with Gasteiger partial charge in [0.15, 0.2) is 6.29 Å². The summed E-state index contributed by atoms with van der Waals surface area (Å²) in [6, 6.07) is 7.44. The van der Waals surface area contributed by atoms with Gasteiger partial charge in [-0.15, -0.1) is 0 Å². The van der Waals surface area contributed by atoms with Crippen molar-refractivity contribution in [3.8, 4) is 11.3 Å². The van der Waals surface area contributed by atoms with Crippen LogP contribution in [0, 0.1) is 0 Å². The minimum atomic E-state index is 0.246. The van der Waals surface area contributed by atoms with Crippen LogP contribution < -0.4 is 0 Å². The lowest BCUT2D eigenvalue weighted by Gasteiger charge is -2.12. The van der Waals surface area contributed by atoms with Crippen LogP contribution in [-0.2, 0) is 0 Å². The maximum atomic E-state index is 11.1. The Bertz CT molecular complexity index is 546. The molecule has 17 heavy (non-hydrogen) atoms. The zero-order chi connectivity index (χ0) is 12.4. The maximum absolute atomic E-state index is 11.1. The molecule has 88 valence electrons. The second-order valence-corrected chi connectivity index (χ2v) is 4.54. The largest absolute Gasteiger partial charge is 0.298 e. The molecule has 0 atom stereocenters. The molecule has 0 N–H and O–H groups in total.